The summed E-state index contributed by atoms with van der Waals surface area (Å²) in [5, 5.41) is 3.36. The minimum atomic E-state index is -6.64. The molecule has 4 nitrogen and oxygen atoms in total. The Morgan fingerprint density at radius 3 is 2.00 bits per heavy atom. The highest BCUT2D eigenvalue weighted by Crippen LogP contribution is 2.47. The number of Topliss-reactive ketones (excluding diaryl/α,β-unsaturated/α-hetero) is 1. The van der Waals surface area contributed by atoms with Crippen molar-refractivity contribution in [2.45, 2.75) is 24.9 Å². The summed E-state index contributed by atoms with van der Waals surface area (Å²) in [6.07, 6.45) is -6.30. The summed E-state index contributed by atoms with van der Waals surface area (Å²) in [6.45, 7) is 0.920. The number of hydrogen-bond acceptors (Lipinski definition) is 3. The molecule has 0 aliphatic carbocycles. The second-order valence-corrected chi connectivity index (χ2v) is 5.20. The number of halogens is 7. The number of nitrogens with zero attached hydrogens (tertiary/aromatic N) is 2. The molecule has 0 saturated heterocycles. The van der Waals surface area contributed by atoms with Gasteiger partial charge in [-0.2, -0.15) is 35.8 Å². The molecule has 0 radical (unpaired) electrons. The van der Waals surface area contributed by atoms with E-state index < -0.39 is 41.0 Å². The van der Waals surface area contributed by atoms with Crippen molar-refractivity contribution in [3.8, 4) is 0 Å². The highest BCUT2D eigenvalue weighted by molar-refractivity contribution is 6.04. The van der Waals surface area contributed by atoms with Crippen LogP contribution in [0.25, 0.3) is 0 Å². The van der Waals surface area contributed by atoms with Crippen molar-refractivity contribution >= 4 is 11.7 Å². The Balaban J connectivity index is 2.44. The molecule has 0 amide bonds. The summed E-state index contributed by atoms with van der Waals surface area (Å²) < 4.78 is 90.2. The molecule has 140 valence electrons. The van der Waals surface area contributed by atoms with E-state index in [9.17, 15) is 40.3 Å². The predicted octanol–water partition coefficient (Wildman–Crippen LogP) is 3.90. The third kappa shape index (κ3) is 2.97. The van der Waals surface area contributed by atoms with E-state index in [4.69, 9.17) is 0 Å². The van der Waals surface area contributed by atoms with Gasteiger partial charge in [-0.1, -0.05) is 18.2 Å². The van der Waals surface area contributed by atoms with Gasteiger partial charge in [0.1, 0.15) is 0 Å². The van der Waals surface area contributed by atoms with Crippen molar-refractivity contribution in [2.24, 2.45) is 0 Å². The van der Waals surface area contributed by atoms with Gasteiger partial charge in [0.05, 0.1) is 17.5 Å². The van der Waals surface area contributed by atoms with Crippen LogP contribution in [0, 0.1) is 6.92 Å². The summed E-state index contributed by atoms with van der Waals surface area (Å²) in [5.41, 5.74) is -1.78. The molecule has 0 saturated carbocycles. The van der Waals surface area contributed by atoms with Gasteiger partial charge in [0.25, 0.3) is 5.91 Å². The van der Waals surface area contributed by atoms with E-state index in [2.05, 4.69) is 5.10 Å². The molecule has 11 heteroatoms. The molecule has 1 aromatic carbocycles. The summed E-state index contributed by atoms with van der Waals surface area (Å²) in [6, 6.07) is 7.17. The van der Waals surface area contributed by atoms with Crippen LogP contribution >= 0.6 is 0 Å². The fourth-order valence-corrected chi connectivity index (χ4v) is 2.03. The molecule has 26 heavy (non-hydrogen) atoms. The lowest BCUT2D eigenvalue weighted by atomic mass is 10.0. The number of benzene rings is 1. The third-order valence-corrected chi connectivity index (χ3v) is 3.50. The van der Waals surface area contributed by atoms with Gasteiger partial charge < -0.3 is 0 Å². The second kappa shape index (κ2) is 6.22. The number of carbonyl (C=O) groups is 2. The van der Waals surface area contributed by atoms with Crippen molar-refractivity contribution in [3.63, 3.8) is 0 Å². The number of carbonyl (C=O) groups excluding carboxylic acids is 2. The number of hydrogen-bond donors (Lipinski definition) is 0. The molecule has 1 heterocycles. The largest absolute Gasteiger partial charge is 0.460 e. The van der Waals surface area contributed by atoms with Crippen LogP contribution < -0.4 is 0 Å². The standard InChI is InChI=1S/C15H9F7N2O2/c1-8-10(11(25)13(16,17)14(18,19)15(20,21)22)7-23-24(8)12(26)9-5-3-2-4-6-9/h2-7H,1H3. The molecular weight excluding hydrogens is 373 g/mol. The first kappa shape index (κ1) is 19.6. The van der Waals surface area contributed by atoms with Gasteiger partial charge in [0.2, 0.25) is 5.78 Å². The van der Waals surface area contributed by atoms with E-state index in [-0.39, 0.29) is 5.56 Å². The van der Waals surface area contributed by atoms with Gasteiger partial charge >= 0.3 is 18.0 Å². The number of ketones is 1. The Morgan fingerprint density at radius 1 is 0.962 bits per heavy atom. The maximum absolute atomic E-state index is 13.5. The molecular formula is C15H9F7N2O2. The van der Waals surface area contributed by atoms with Crippen LogP contribution in [0.15, 0.2) is 36.5 Å². The van der Waals surface area contributed by atoms with Crippen LogP contribution in [0.3, 0.4) is 0 Å². The molecule has 0 unspecified atom stereocenters. The summed E-state index contributed by atoms with van der Waals surface area (Å²) in [5.74, 6) is -16.3. The highest BCUT2D eigenvalue weighted by Gasteiger charge is 2.76. The molecule has 0 atom stereocenters. The van der Waals surface area contributed by atoms with Crippen LogP contribution in [0.4, 0.5) is 30.7 Å². The van der Waals surface area contributed by atoms with E-state index in [0.29, 0.717) is 10.9 Å². The highest BCUT2D eigenvalue weighted by atomic mass is 19.4. The van der Waals surface area contributed by atoms with E-state index in [0.717, 1.165) is 6.92 Å². The minimum Gasteiger partial charge on any atom is -0.287 e. The first-order valence-electron chi connectivity index (χ1n) is 6.84. The van der Waals surface area contributed by atoms with E-state index in [1.54, 1.807) is 6.07 Å². The monoisotopic (exact) mass is 382 g/mol. The Hall–Kier alpha value is -2.72. The average molecular weight is 382 g/mol. The van der Waals surface area contributed by atoms with Crippen molar-refractivity contribution < 1.29 is 40.3 Å². The number of rotatable bonds is 4. The fraction of sp³-hybridized carbons (Fsp3) is 0.267. The molecule has 2 rings (SSSR count). The maximum atomic E-state index is 13.5. The summed E-state index contributed by atoms with van der Waals surface area (Å²) >= 11 is 0. The zero-order valence-corrected chi connectivity index (χ0v) is 12.8. The lowest BCUT2D eigenvalue weighted by molar-refractivity contribution is -0.339. The zero-order valence-electron chi connectivity index (χ0n) is 12.8. The molecule has 2 aromatic rings. The van der Waals surface area contributed by atoms with Gasteiger partial charge in [-0.15, -0.1) is 0 Å². The van der Waals surface area contributed by atoms with Crippen molar-refractivity contribution in [2.75, 3.05) is 0 Å². The Bertz CT molecular complexity index is 841. The van der Waals surface area contributed by atoms with Crippen molar-refractivity contribution in [3.05, 3.63) is 53.3 Å². The molecule has 0 fully saturated rings. The van der Waals surface area contributed by atoms with Gasteiger partial charge in [-0.05, 0) is 19.1 Å². The Morgan fingerprint density at radius 2 is 1.50 bits per heavy atom. The summed E-state index contributed by atoms with van der Waals surface area (Å²) in [7, 11) is 0. The first-order valence-corrected chi connectivity index (χ1v) is 6.84. The first-order chi connectivity index (χ1) is 11.8. The molecule has 0 spiro atoms. The smallest absolute Gasteiger partial charge is 0.287 e. The van der Waals surface area contributed by atoms with Crippen LogP contribution in [-0.4, -0.2) is 39.5 Å². The third-order valence-electron chi connectivity index (χ3n) is 3.50. The van der Waals surface area contributed by atoms with E-state index in [1.165, 1.54) is 24.3 Å². The molecule has 0 aliphatic heterocycles. The quantitative estimate of drug-likeness (QED) is 0.596. The minimum absolute atomic E-state index is 0.0325. The molecule has 0 N–H and O–H groups in total. The SMILES string of the molecule is Cc1c(C(=O)C(F)(F)C(F)(F)C(F)(F)F)cnn1C(=O)c1ccccc1. The molecule has 0 bridgehead atoms. The van der Waals surface area contributed by atoms with Crippen LogP contribution in [0.1, 0.15) is 26.4 Å². The lowest BCUT2D eigenvalue weighted by Gasteiger charge is -2.26. The predicted molar refractivity (Wildman–Crippen MR) is 73.4 cm³/mol. The van der Waals surface area contributed by atoms with Crippen LogP contribution in [0.5, 0.6) is 0 Å². The fourth-order valence-electron chi connectivity index (χ4n) is 2.03. The molecule has 0 aliphatic rings. The van der Waals surface area contributed by atoms with Crippen LogP contribution in [0.2, 0.25) is 0 Å². The number of aromatic nitrogens is 2. The normalized spacial score (nSPS) is 12.9. The van der Waals surface area contributed by atoms with Crippen molar-refractivity contribution in [1.29, 1.82) is 0 Å². The van der Waals surface area contributed by atoms with E-state index in [1.807, 2.05) is 0 Å². The van der Waals surface area contributed by atoms with Crippen molar-refractivity contribution in [1.82, 2.24) is 9.78 Å². The van der Waals surface area contributed by atoms with Gasteiger partial charge in [-0.3, -0.25) is 9.59 Å². The topological polar surface area (TPSA) is 52.0 Å². The van der Waals surface area contributed by atoms with E-state index >= 15 is 0 Å². The summed E-state index contributed by atoms with van der Waals surface area (Å²) in [4.78, 5) is 23.8. The van der Waals surface area contributed by atoms with Gasteiger partial charge in [-0.25, -0.2) is 4.68 Å². The maximum Gasteiger partial charge on any atom is 0.460 e. The Kier molecular flexibility index (Phi) is 4.69. The molecule has 1 aromatic heterocycles. The zero-order chi connectivity index (χ0) is 19.9. The van der Waals surface area contributed by atoms with Gasteiger partial charge in [0.15, 0.2) is 0 Å². The Labute approximate surface area is 141 Å². The average Bonchev–Trinajstić information content (AvgIpc) is 2.94. The second-order valence-electron chi connectivity index (χ2n) is 5.20. The van der Waals surface area contributed by atoms with Crippen LogP contribution in [-0.2, 0) is 0 Å². The number of alkyl halides is 7. The van der Waals surface area contributed by atoms with Gasteiger partial charge in [0, 0.05) is 5.56 Å². The lowest BCUT2D eigenvalue weighted by Crippen LogP contribution is -2.56.